The van der Waals surface area contributed by atoms with Crippen LogP contribution < -0.4 is 4.74 Å². The summed E-state index contributed by atoms with van der Waals surface area (Å²) >= 11 is 5.83. The Hall–Kier alpha value is -3.28. The number of aryl methyl sites for hydroxylation is 1. The zero-order chi connectivity index (χ0) is 24.4. The number of halogens is 1. The molecule has 0 aliphatic heterocycles. The topological polar surface area (TPSA) is 93.8 Å². The number of esters is 1. The van der Waals surface area contributed by atoms with Gasteiger partial charge >= 0.3 is 5.97 Å². The van der Waals surface area contributed by atoms with Crippen LogP contribution >= 0.6 is 11.6 Å². The molecule has 2 aromatic rings. The van der Waals surface area contributed by atoms with Gasteiger partial charge in [0.05, 0.1) is 13.2 Å². The first-order valence-electron chi connectivity index (χ1n) is 10.3. The van der Waals surface area contributed by atoms with E-state index >= 15 is 0 Å². The Balaban J connectivity index is 1.89. The van der Waals surface area contributed by atoms with Crippen molar-refractivity contribution in [1.29, 1.82) is 5.26 Å². The Morgan fingerprint density at radius 3 is 2.55 bits per heavy atom. The van der Waals surface area contributed by atoms with E-state index in [0.717, 1.165) is 17.0 Å². The van der Waals surface area contributed by atoms with Crippen LogP contribution in [0.3, 0.4) is 0 Å². The van der Waals surface area contributed by atoms with Crippen LogP contribution in [-0.2, 0) is 25.6 Å². The molecule has 0 radical (unpaired) electrons. The van der Waals surface area contributed by atoms with Crippen LogP contribution in [0.15, 0.2) is 35.9 Å². The zero-order valence-corrected chi connectivity index (χ0v) is 20.0. The molecule has 0 unspecified atom stereocenters. The number of methoxy groups -OCH3 is 1. The van der Waals surface area contributed by atoms with Crippen LogP contribution in [0.1, 0.15) is 17.0 Å². The summed E-state index contributed by atoms with van der Waals surface area (Å²) in [5.41, 5.74) is 2.45. The number of hydrogen-bond donors (Lipinski definition) is 0. The van der Waals surface area contributed by atoms with Gasteiger partial charge in [0.25, 0.3) is 5.91 Å². The largest absolute Gasteiger partial charge is 0.492 e. The number of hydrogen-bond acceptors (Lipinski definition) is 6. The molecule has 9 heteroatoms. The summed E-state index contributed by atoms with van der Waals surface area (Å²) in [4.78, 5) is 26.0. The van der Waals surface area contributed by atoms with Crippen molar-refractivity contribution in [1.82, 2.24) is 9.47 Å². The second kappa shape index (κ2) is 12.7. The van der Waals surface area contributed by atoms with Crippen molar-refractivity contribution in [3.63, 3.8) is 0 Å². The molecule has 2 rings (SSSR count). The van der Waals surface area contributed by atoms with Crippen LogP contribution in [0.4, 0.5) is 0 Å². The lowest BCUT2D eigenvalue weighted by Gasteiger charge is -2.17. The van der Waals surface area contributed by atoms with E-state index in [1.165, 1.54) is 11.0 Å². The van der Waals surface area contributed by atoms with E-state index in [-0.39, 0.29) is 12.2 Å². The van der Waals surface area contributed by atoms with Crippen molar-refractivity contribution in [2.45, 2.75) is 20.4 Å². The SMILES string of the molecule is COCCn1c(C)cc(/C=C(\C#N)C(=O)OCC(=O)N(C)CCOc2ccc(Cl)cc2)c1C. The van der Waals surface area contributed by atoms with Crippen molar-refractivity contribution >= 4 is 29.6 Å². The Kier molecular flexibility index (Phi) is 9.98. The average Bonchev–Trinajstić information content (AvgIpc) is 3.07. The molecule has 1 aromatic carbocycles. The fourth-order valence-electron chi connectivity index (χ4n) is 3.06. The highest BCUT2D eigenvalue weighted by Gasteiger charge is 2.17. The predicted molar refractivity (Wildman–Crippen MR) is 125 cm³/mol. The minimum atomic E-state index is -0.849. The number of benzene rings is 1. The number of carbonyl (C=O) groups is 2. The second-order valence-corrected chi connectivity index (χ2v) is 7.77. The van der Waals surface area contributed by atoms with Gasteiger partial charge in [-0.1, -0.05) is 11.6 Å². The summed E-state index contributed by atoms with van der Waals surface area (Å²) in [7, 11) is 3.21. The summed E-state index contributed by atoms with van der Waals surface area (Å²) < 4.78 is 17.8. The lowest BCUT2D eigenvalue weighted by atomic mass is 10.1. The average molecular weight is 474 g/mol. The number of nitrogens with zero attached hydrogens (tertiary/aromatic N) is 3. The minimum Gasteiger partial charge on any atom is -0.492 e. The number of ether oxygens (including phenoxy) is 3. The van der Waals surface area contributed by atoms with Gasteiger partial charge < -0.3 is 23.7 Å². The molecule has 0 aliphatic carbocycles. The van der Waals surface area contributed by atoms with Gasteiger partial charge in [0.2, 0.25) is 0 Å². The molecule has 0 fully saturated rings. The van der Waals surface area contributed by atoms with E-state index < -0.39 is 18.5 Å². The fourth-order valence-corrected chi connectivity index (χ4v) is 3.19. The molecule has 1 heterocycles. The Labute approximate surface area is 198 Å². The Morgan fingerprint density at radius 2 is 1.91 bits per heavy atom. The molecule has 0 aliphatic rings. The van der Waals surface area contributed by atoms with E-state index in [1.807, 2.05) is 30.6 Å². The number of rotatable bonds is 11. The van der Waals surface area contributed by atoms with Gasteiger partial charge in [-0.05, 0) is 55.8 Å². The number of nitriles is 1. The molecule has 0 atom stereocenters. The molecule has 8 nitrogen and oxygen atoms in total. The fraction of sp³-hybridized carbons (Fsp3) is 0.375. The van der Waals surface area contributed by atoms with E-state index in [0.29, 0.717) is 30.5 Å². The summed E-state index contributed by atoms with van der Waals surface area (Å²) in [5.74, 6) is -0.617. The van der Waals surface area contributed by atoms with Crippen LogP contribution in [0, 0.1) is 25.2 Å². The van der Waals surface area contributed by atoms with Crippen molar-refractivity contribution in [2.75, 3.05) is 40.5 Å². The summed E-state index contributed by atoms with van der Waals surface area (Å²) in [5, 5.41) is 10.0. The van der Waals surface area contributed by atoms with E-state index in [2.05, 4.69) is 0 Å². The molecular weight excluding hydrogens is 446 g/mol. The summed E-state index contributed by atoms with van der Waals surface area (Å²) in [6, 6.07) is 10.6. The standard InChI is InChI=1S/C24H28ClN3O5/c1-17-13-19(18(2)28(17)10-11-31-4)14-20(15-26)24(30)33-16-23(29)27(3)9-12-32-22-7-5-21(25)6-8-22/h5-8,13-14H,9-12,16H2,1-4H3/b20-14+. The van der Waals surface area contributed by atoms with Crippen molar-refractivity contribution in [3.05, 3.63) is 57.9 Å². The lowest BCUT2D eigenvalue weighted by molar-refractivity contribution is -0.148. The molecule has 0 N–H and O–H groups in total. The number of likely N-dealkylation sites (N-methyl/N-ethyl adjacent to an activating group) is 1. The molecule has 0 bridgehead atoms. The first-order chi connectivity index (χ1) is 15.8. The van der Waals surface area contributed by atoms with Crippen molar-refractivity contribution < 1.29 is 23.8 Å². The normalized spacial score (nSPS) is 11.1. The smallest absolute Gasteiger partial charge is 0.349 e. The third-order valence-corrected chi connectivity index (χ3v) is 5.29. The molecule has 176 valence electrons. The van der Waals surface area contributed by atoms with Gasteiger partial charge in [-0.2, -0.15) is 5.26 Å². The van der Waals surface area contributed by atoms with Gasteiger partial charge in [-0.15, -0.1) is 0 Å². The summed E-state index contributed by atoms with van der Waals surface area (Å²) in [6.45, 7) is 5.15. The summed E-state index contributed by atoms with van der Waals surface area (Å²) in [6.07, 6.45) is 1.47. The van der Waals surface area contributed by atoms with Gasteiger partial charge in [-0.3, -0.25) is 4.79 Å². The quantitative estimate of drug-likeness (QED) is 0.282. The van der Waals surface area contributed by atoms with Crippen LogP contribution in [-0.4, -0.2) is 61.9 Å². The maximum atomic E-state index is 12.4. The number of aromatic nitrogens is 1. The molecule has 0 saturated carbocycles. The third kappa shape index (κ3) is 7.67. The zero-order valence-electron chi connectivity index (χ0n) is 19.3. The van der Waals surface area contributed by atoms with Crippen molar-refractivity contribution in [3.8, 4) is 11.8 Å². The molecule has 0 saturated heterocycles. The third-order valence-electron chi connectivity index (χ3n) is 5.03. The highest BCUT2D eigenvalue weighted by molar-refractivity contribution is 6.30. The Bertz CT molecular complexity index is 1040. The van der Waals surface area contributed by atoms with Crippen LogP contribution in [0.25, 0.3) is 6.08 Å². The number of amides is 1. The number of carbonyl (C=O) groups excluding carboxylic acids is 2. The second-order valence-electron chi connectivity index (χ2n) is 7.33. The monoisotopic (exact) mass is 473 g/mol. The van der Waals surface area contributed by atoms with E-state index in [1.54, 1.807) is 38.4 Å². The molecule has 33 heavy (non-hydrogen) atoms. The maximum absolute atomic E-state index is 12.4. The first kappa shape index (κ1) is 26.0. The van der Waals surface area contributed by atoms with Gasteiger partial charge in [0, 0.05) is 37.1 Å². The highest BCUT2D eigenvalue weighted by atomic mass is 35.5. The molecule has 1 aromatic heterocycles. The Morgan fingerprint density at radius 1 is 1.21 bits per heavy atom. The van der Waals surface area contributed by atoms with Crippen molar-refractivity contribution in [2.24, 2.45) is 0 Å². The van der Waals surface area contributed by atoms with E-state index in [9.17, 15) is 14.9 Å². The van der Waals surface area contributed by atoms with Gasteiger partial charge in [0.15, 0.2) is 6.61 Å². The first-order valence-corrected chi connectivity index (χ1v) is 10.7. The molecule has 0 spiro atoms. The highest BCUT2D eigenvalue weighted by Crippen LogP contribution is 2.19. The minimum absolute atomic E-state index is 0.177. The van der Waals surface area contributed by atoms with E-state index in [4.69, 9.17) is 25.8 Å². The van der Waals surface area contributed by atoms with Gasteiger partial charge in [-0.25, -0.2) is 4.79 Å². The van der Waals surface area contributed by atoms with Crippen LogP contribution in [0.5, 0.6) is 5.75 Å². The lowest BCUT2D eigenvalue weighted by Crippen LogP contribution is -2.34. The molecule has 1 amide bonds. The van der Waals surface area contributed by atoms with Crippen LogP contribution in [0.2, 0.25) is 5.02 Å². The predicted octanol–water partition coefficient (Wildman–Crippen LogP) is 3.39. The maximum Gasteiger partial charge on any atom is 0.349 e. The molecular formula is C24H28ClN3O5. The van der Waals surface area contributed by atoms with Gasteiger partial charge in [0.1, 0.15) is 24.0 Å².